The first-order valence-electron chi connectivity index (χ1n) is 6.38. The van der Waals surface area contributed by atoms with Gasteiger partial charge in [0.15, 0.2) is 0 Å². The van der Waals surface area contributed by atoms with Gasteiger partial charge in [-0.25, -0.2) is 13.1 Å². The number of rotatable bonds is 4. The zero-order chi connectivity index (χ0) is 14.0. The highest BCUT2D eigenvalue weighted by molar-refractivity contribution is 7.89. The lowest BCUT2D eigenvalue weighted by molar-refractivity contribution is 0.107. The highest BCUT2D eigenvalue weighted by atomic mass is 32.2. The molecule has 2 atom stereocenters. The van der Waals surface area contributed by atoms with Crippen LogP contribution >= 0.6 is 0 Å². The number of hydrogen-bond donors (Lipinski definition) is 2. The highest BCUT2D eigenvalue weighted by Gasteiger charge is 2.26. The molecule has 0 radical (unpaired) electrons. The monoisotopic (exact) mass is 284 g/mol. The van der Waals surface area contributed by atoms with Crippen LogP contribution in [0.25, 0.3) is 0 Å². The molecule has 5 nitrogen and oxygen atoms in total. The lowest BCUT2D eigenvalue weighted by Crippen LogP contribution is -2.32. The molecule has 0 aliphatic carbocycles. The second-order valence-corrected chi connectivity index (χ2v) is 6.68. The van der Waals surface area contributed by atoms with Gasteiger partial charge in [0.25, 0.3) is 0 Å². The number of hydrogen-bond acceptors (Lipinski definition) is 4. The summed E-state index contributed by atoms with van der Waals surface area (Å²) in [6, 6.07) is 4.92. The Morgan fingerprint density at radius 3 is 2.84 bits per heavy atom. The first-order chi connectivity index (χ1) is 8.92. The molecule has 1 aromatic carbocycles. The molecule has 1 saturated heterocycles. The molecular weight excluding hydrogens is 264 g/mol. The summed E-state index contributed by atoms with van der Waals surface area (Å²) in [5.41, 5.74) is 6.82. The fourth-order valence-corrected chi connectivity index (χ4v) is 3.63. The van der Waals surface area contributed by atoms with Gasteiger partial charge in [0.1, 0.15) is 0 Å². The maximum atomic E-state index is 12.3. The molecule has 3 N–H and O–H groups in total. The van der Waals surface area contributed by atoms with Gasteiger partial charge in [0, 0.05) is 24.8 Å². The Bertz CT molecular complexity index is 557. The van der Waals surface area contributed by atoms with Gasteiger partial charge in [-0.1, -0.05) is 6.07 Å². The predicted octanol–water partition coefficient (Wildman–Crippen LogP) is 1.28. The summed E-state index contributed by atoms with van der Waals surface area (Å²) in [6.07, 6.45) is 0.990. The van der Waals surface area contributed by atoms with E-state index in [0.29, 0.717) is 24.4 Å². The lowest BCUT2D eigenvalue weighted by atomic mass is 10.0. The molecule has 106 valence electrons. The van der Waals surface area contributed by atoms with Crippen LogP contribution in [0.1, 0.15) is 18.9 Å². The summed E-state index contributed by atoms with van der Waals surface area (Å²) in [4.78, 5) is 0.249. The molecule has 0 bridgehead atoms. The average molecular weight is 284 g/mol. The second kappa shape index (κ2) is 5.48. The van der Waals surface area contributed by atoms with Crippen LogP contribution in [-0.2, 0) is 14.8 Å². The van der Waals surface area contributed by atoms with Crippen molar-refractivity contribution in [3.8, 4) is 0 Å². The molecular formula is C13H20N2O3S. The van der Waals surface area contributed by atoms with Crippen molar-refractivity contribution in [1.29, 1.82) is 0 Å². The summed E-state index contributed by atoms with van der Waals surface area (Å²) in [7, 11) is -3.51. The Hall–Kier alpha value is -1.11. The Balaban J connectivity index is 2.12. The molecule has 6 heteroatoms. The zero-order valence-corrected chi connectivity index (χ0v) is 12.0. The van der Waals surface area contributed by atoms with Crippen LogP contribution in [0, 0.1) is 12.8 Å². The van der Waals surface area contributed by atoms with E-state index in [0.717, 1.165) is 6.42 Å². The largest absolute Gasteiger partial charge is 0.398 e. The van der Waals surface area contributed by atoms with Gasteiger partial charge in [0.05, 0.1) is 11.0 Å². The third-order valence-corrected chi connectivity index (χ3v) is 5.25. The first-order valence-corrected chi connectivity index (χ1v) is 7.86. The maximum Gasteiger partial charge on any atom is 0.240 e. The minimum absolute atomic E-state index is 0.102. The van der Waals surface area contributed by atoms with Gasteiger partial charge < -0.3 is 10.5 Å². The summed E-state index contributed by atoms with van der Waals surface area (Å²) >= 11 is 0. The van der Waals surface area contributed by atoms with Crippen LogP contribution < -0.4 is 10.5 Å². The molecule has 1 heterocycles. The fraction of sp³-hybridized carbons (Fsp3) is 0.538. The Kier molecular flexibility index (Phi) is 4.13. The van der Waals surface area contributed by atoms with Crippen molar-refractivity contribution in [3.05, 3.63) is 23.8 Å². The molecule has 19 heavy (non-hydrogen) atoms. The maximum absolute atomic E-state index is 12.3. The molecule has 0 amide bonds. The zero-order valence-electron chi connectivity index (χ0n) is 11.2. The molecule has 0 aromatic heterocycles. The first kappa shape index (κ1) is 14.3. The van der Waals surface area contributed by atoms with Crippen molar-refractivity contribution in [2.75, 3.05) is 18.9 Å². The smallest absolute Gasteiger partial charge is 0.240 e. The number of ether oxygens (including phenoxy) is 1. The topological polar surface area (TPSA) is 81.4 Å². The number of anilines is 1. The van der Waals surface area contributed by atoms with Crippen molar-refractivity contribution in [2.45, 2.75) is 31.3 Å². The third kappa shape index (κ3) is 3.08. The molecule has 2 rings (SSSR count). The average Bonchev–Trinajstić information content (AvgIpc) is 2.76. The minimum atomic E-state index is -3.51. The van der Waals surface area contributed by atoms with Gasteiger partial charge in [-0.2, -0.15) is 0 Å². The van der Waals surface area contributed by atoms with Crippen molar-refractivity contribution >= 4 is 15.7 Å². The summed E-state index contributed by atoms with van der Waals surface area (Å²) in [5, 5.41) is 0. The number of sulfonamides is 1. The van der Waals surface area contributed by atoms with E-state index in [1.165, 1.54) is 0 Å². The third-order valence-electron chi connectivity index (χ3n) is 3.68. The Morgan fingerprint density at radius 1 is 1.47 bits per heavy atom. The Labute approximate surface area is 114 Å². The molecule has 2 unspecified atom stereocenters. The normalized spacial score (nSPS) is 23.7. The van der Waals surface area contributed by atoms with Crippen LogP contribution in [-0.4, -0.2) is 27.7 Å². The molecule has 0 saturated carbocycles. The van der Waals surface area contributed by atoms with Crippen LogP contribution in [0.2, 0.25) is 0 Å². The van der Waals surface area contributed by atoms with Crippen LogP contribution in [0.4, 0.5) is 5.69 Å². The van der Waals surface area contributed by atoms with Gasteiger partial charge in [0.2, 0.25) is 10.0 Å². The van der Waals surface area contributed by atoms with Gasteiger partial charge in [-0.15, -0.1) is 0 Å². The van der Waals surface area contributed by atoms with Gasteiger partial charge in [-0.3, -0.25) is 0 Å². The summed E-state index contributed by atoms with van der Waals surface area (Å²) < 4.78 is 32.6. The Morgan fingerprint density at radius 2 is 2.21 bits per heavy atom. The van der Waals surface area contributed by atoms with E-state index in [-0.39, 0.29) is 16.9 Å². The van der Waals surface area contributed by atoms with Crippen molar-refractivity contribution in [1.82, 2.24) is 4.72 Å². The highest BCUT2D eigenvalue weighted by Crippen LogP contribution is 2.22. The number of nitrogens with two attached hydrogens (primary N) is 1. The molecule has 1 aromatic rings. The van der Waals surface area contributed by atoms with E-state index in [4.69, 9.17) is 10.5 Å². The minimum Gasteiger partial charge on any atom is -0.398 e. The lowest BCUT2D eigenvalue weighted by Gasteiger charge is -2.16. The van der Waals surface area contributed by atoms with Crippen molar-refractivity contribution in [2.24, 2.45) is 5.92 Å². The molecule has 1 aliphatic heterocycles. The van der Waals surface area contributed by atoms with E-state index >= 15 is 0 Å². The summed E-state index contributed by atoms with van der Waals surface area (Å²) in [6.45, 7) is 4.78. The molecule has 1 aliphatic rings. The number of nitrogens with one attached hydrogen (secondary N) is 1. The molecule has 0 spiro atoms. The fourth-order valence-electron chi connectivity index (χ4n) is 2.26. The summed E-state index contributed by atoms with van der Waals surface area (Å²) in [5.74, 6) is 0.233. The van der Waals surface area contributed by atoms with Crippen LogP contribution in [0.15, 0.2) is 23.1 Å². The van der Waals surface area contributed by atoms with Crippen molar-refractivity contribution < 1.29 is 13.2 Å². The van der Waals surface area contributed by atoms with Gasteiger partial charge >= 0.3 is 0 Å². The second-order valence-electron chi connectivity index (χ2n) is 4.95. The van der Waals surface area contributed by atoms with Crippen LogP contribution in [0.5, 0.6) is 0 Å². The number of benzene rings is 1. The van der Waals surface area contributed by atoms with Crippen LogP contribution in [0.3, 0.4) is 0 Å². The van der Waals surface area contributed by atoms with E-state index in [1.54, 1.807) is 25.1 Å². The standard InChI is InChI=1S/C13H20N2O3S/c1-9-12(14)4-3-5-13(9)19(16,17)15-8-11-6-7-18-10(11)2/h3-5,10-11,15H,6-8,14H2,1-2H3. The SMILES string of the molecule is Cc1c(N)cccc1S(=O)(=O)NCC1CCOC1C. The van der Waals surface area contributed by atoms with Crippen molar-refractivity contribution in [3.63, 3.8) is 0 Å². The predicted molar refractivity (Wildman–Crippen MR) is 74.3 cm³/mol. The van der Waals surface area contributed by atoms with E-state index in [9.17, 15) is 8.42 Å². The quantitative estimate of drug-likeness (QED) is 0.816. The van der Waals surface area contributed by atoms with E-state index in [2.05, 4.69) is 4.72 Å². The van der Waals surface area contributed by atoms with Gasteiger partial charge in [-0.05, 0) is 38.0 Å². The van der Waals surface area contributed by atoms with E-state index in [1.807, 2.05) is 6.92 Å². The molecule has 1 fully saturated rings. The van der Waals surface area contributed by atoms with E-state index < -0.39 is 10.0 Å². The number of nitrogen functional groups attached to an aromatic ring is 1.